The fraction of sp³-hybridized carbons (Fsp3) is 0.588. The summed E-state index contributed by atoms with van der Waals surface area (Å²) in [7, 11) is -2.15. The highest BCUT2D eigenvalue weighted by molar-refractivity contribution is 6.76. The third kappa shape index (κ3) is 4.16. The van der Waals surface area contributed by atoms with Crippen LogP contribution in [0.5, 0.6) is 0 Å². The fourth-order valence-electron chi connectivity index (χ4n) is 3.09. The molecule has 1 heterocycles. The van der Waals surface area contributed by atoms with Crippen LogP contribution in [0.2, 0.25) is 51.4 Å². The molecular formula is C17H29NSi2. The van der Waals surface area contributed by atoms with E-state index in [-0.39, 0.29) is 0 Å². The molecule has 1 nitrogen and oxygen atoms in total. The highest BCUT2D eigenvalue weighted by Gasteiger charge is 2.30. The molecule has 0 amide bonds. The van der Waals surface area contributed by atoms with Crippen molar-refractivity contribution >= 4 is 22.4 Å². The average molecular weight is 304 g/mol. The maximum absolute atomic E-state index is 4.95. The Bertz CT molecular complexity index is 449. The van der Waals surface area contributed by atoms with Crippen LogP contribution in [0, 0.1) is 0 Å². The Morgan fingerprint density at radius 1 is 0.850 bits per heavy atom. The van der Waals surface area contributed by atoms with Gasteiger partial charge in [0, 0.05) is 28.3 Å². The second-order valence-corrected chi connectivity index (χ2v) is 19.6. The van der Waals surface area contributed by atoms with E-state index in [1.54, 1.807) is 5.56 Å². The molecule has 0 bridgehead atoms. The average Bonchev–Trinajstić information content (AvgIpc) is 2.29. The zero-order valence-corrected chi connectivity index (χ0v) is 15.9. The molecule has 1 aliphatic rings. The molecule has 0 aliphatic carbocycles. The van der Waals surface area contributed by atoms with Crippen LogP contribution in [0.1, 0.15) is 23.1 Å². The number of rotatable bonds is 4. The maximum Gasteiger partial charge on any atom is 0.0724 e. The first-order chi connectivity index (χ1) is 9.16. The predicted molar refractivity (Wildman–Crippen MR) is 96.7 cm³/mol. The lowest BCUT2D eigenvalue weighted by Crippen LogP contribution is -2.28. The highest BCUT2D eigenvalue weighted by atomic mass is 28.3. The van der Waals surface area contributed by atoms with Gasteiger partial charge in [-0.15, -0.1) is 0 Å². The third-order valence-electron chi connectivity index (χ3n) is 3.84. The number of benzene rings is 1. The summed E-state index contributed by atoms with van der Waals surface area (Å²) in [6, 6.07) is 12.0. The molecular weight excluding hydrogens is 274 g/mol. The predicted octanol–water partition coefficient (Wildman–Crippen LogP) is 5.57. The first-order valence-corrected chi connectivity index (χ1v) is 15.2. The second-order valence-electron chi connectivity index (χ2n) is 8.58. The van der Waals surface area contributed by atoms with Crippen LogP contribution in [0.25, 0.3) is 0 Å². The van der Waals surface area contributed by atoms with Crippen molar-refractivity contribution in [3.8, 4) is 0 Å². The van der Waals surface area contributed by atoms with Crippen LogP contribution in [0.4, 0.5) is 0 Å². The summed E-state index contributed by atoms with van der Waals surface area (Å²) in [6.45, 7) is 14.7. The van der Waals surface area contributed by atoms with Crippen LogP contribution in [-0.2, 0) is 0 Å². The molecule has 1 aliphatic heterocycles. The van der Waals surface area contributed by atoms with Crippen molar-refractivity contribution in [2.24, 2.45) is 4.99 Å². The molecule has 1 aromatic carbocycles. The Balaban J connectivity index is 2.30. The van der Waals surface area contributed by atoms with E-state index in [9.17, 15) is 0 Å². The summed E-state index contributed by atoms with van der Waals surface area (Å²) < 4.78 is 0. The summed E-state index contributed by atoms with van der Waals surface area (Å²) in [4.78, 5) is 4.95. The van der Waals surface area contributed by atoms with Gasteiger partial charge in [-0.1, -0.05) is 63.5 Å². The lowest BCUT2D eigenvalue weighted by atomic mass is 9.90. The van der Waals surface area contributed by atoms with Crippen LogP contribution < -0.4 is 0 Å². The fourth-order valence-corrected chi connectivity index (χ4v) is 6.22. The summed E-state index contributed by atoms with van der Waals surface area (Å²) >= 11 is 0. The van der Waals surface area contributed by atoms with Crippen LogP contribution in [-0.4, -0.2) is 22.4 Å². The monoisotopic (exact) mass is 303 g/mol. The molecule has 0 spiro atoms. The zero-order valence-electron chi connectivity index (χ0n) is 13.9. The molecule has 0 saturated heterocycles. The molecule has 0 fully saturated rings. The van der Waals surface area contributed by atoms with Gasteiger partial charge in [0.1, 0.15) is 0 Å². The summed E-state index contributed by atoms with van der Waals surface area (Å²) in [5.74, 6) is 0.552. The quantitative estimate of drug-likeness (QED) is 0.645. The van der Waals surface area contributed by atoms with E-state index in [4.69, 9.17) is 4.99 Å². The molecule has 3 heteroatoms. The van der Waals surface area contributed by atoms with Gasteiger partial charge in [-0.3, -0.25) is 4.99 Å². The first-order valence-electron chi connectivity index (χ1n) is 7.78. The van der Waals surface area contributed by atoms with Gasteiger partial charge < -0.3 is 0 Å². The Labute approximate surface area is 126 Å². The van der Waals surface area contributed by atoms with Crippen molar-refractivity contribution in [1.82, 2.24) is 0 Å². The van der Waals surface area contributed by atoms with Crippen LogP contribution >= 0.6 is 0 Å². The van der Waals surface area contributed by atoms with Gasteiger partial charge in [0.05, 0.1) is 6.04 Å². The van der Waals surface area contributed by atoms with Crippen molar-refractivity contribution in [2.75, 3.05) is 0 Å². The highest BCUT2D eigenvalue weighted by Crippen LogP contribution is 2.39. The van der Waals surface area contributed by atoms with Gasteiger partial charge >= 0.3 is 0 Å². The summed E-state index contributed by atoms with van der Waals surface area (Å²) in [5, 5.41) is 0. The number of hydrogen-bond donors (Lipinski definition) is 0. The molecule has 0 saturated carbocycles. The molecule has 110 valence electrons. The summed E-state index contributed by atoms with van der Waals surface area (Å²) in [6.07, 6.45) is 2.27. The third-order valence-corrected chi connectivity index (χ3v) is 7.11. The Morgan fingerprint density at radius 3 is 1.95 bits per heavy atom. The van der Waals surface area contributed by atoms with E-state index < -0.39 is 16.1 Å². The second kappa shape index (κ2) is 5.60. The van der Waals surface area contributed by atoms with Crippen molar-refractivity contribution in [1.29, 1.82) is 0 Å². The van der Waals surface area contributed by atoms with E-state index in [2.05, 4.69) is 69.8 Å². The zero-order chi connectivity index (χ0) is 15.0. The van der Waals surface area contributed by atoms with Crippen molar-refractivity contribution in [3.63, 3.8) is 0 Å². The molecule has 0 aromatic heterocycles. The molecule has 0 N–H and O–H groups in total. The number of fused-ring (bicyclic) bond motifs is 1. The largest absolute Gasteiger partial charge is 0.289 e. The van der Waals surface area contributed by atoms with E-state index in [1.807, 2.05) is 0 Å². The Hall–Kier alpha value is -0.676. The lowest BCUT2D eigenvalue weighted by molar-refractivity contribution is 0.752. The first kappa shape index (κ1) is 15.7. The van der Waals surface area contributed by atoms with Crippen LogP contribution in [0.15, 0.2) is 29.3 Å². The van der Waals surface area contributed by atoms with E-state index in [0.717, 1.165) is 0 Å². The normalized spacial score (nSPS) is 22.7. The molecule has 0 unspecified atom stereocenters. The maximum atomic E-state index is 4.95. The standard InChI is InChI=1S/C17H29NSi2/c1-19(2,3)12-14-11-18-17(13-20(4,5)6)16-10-8-7-9-15(14)16/h7-11,14,17H,12-13H2,1-6H3/t14-,17+/m0/s1. The van der Waals surface area contributed by atoms with Gasteiger partial charge in [-0.05, 0) is 23.2 Å². The van der Waals surface area contributed by atoms with Gasteiger partial charge in [0.2, 0.25) is 0 Å². The van der Waals surface area contributed by atoms with Gasteiger partial charge in [0.25, 0.3) is 0 Å². The molecule has 2 atom stereocenters. The number of nitrogens with zero attached hydrogens (tertiary/aromatic N) is 1. The molecule has 2 rings (SSSR count). The molecule has 20 heavy (non-hydrogen) atoms. The smallest absolute Gasteiger partial charge is 0.0724 e. The van der Waals surface area contributed by atoms with Crippen molar-refractivity contribution in [2.45, 2.75) is 63.3 Å². The lowest BCUT2D eigenvalue weighted by Gasteiger charge is -2.31. The van der Waals surface area contributed by atoms with Crippen molar-refractivity contribution in [3.05, 3.63) is 35.4 Å². The SMILES string of the molecule is C[Si](C)(C)C[C@@H]1C=N[C@H](C[Si](C)(C)C)c2ccccc21. The Morgan fingerprint density at radius 2 is 1.40 bits per heavy atom. The number of aliphatic imine (C=N–C) groups is 1. The molecule has 0 radical (unpaired) electrons. The van der Waals surface area contributed by atoms with Gasteiger partial charge in [0.15, 0.2) is 0 Å². The number of hydrogen-bond acceptors (Lipinski definition) is 1. The Kier molecular flexibility index (Phi) is 4.40. The van der Waals surface area contributed by atoms with Gasteiger partial charge in [-0.2, -0.15) is 0 Å². The summed E-state index contributed by atoms with van der Waals surface area (Å²) in [5.41, 5.74) is 3.05. The van der Waals surface area contributed by atoms with E-state index >= 15 is 0 Å². The van der Waals surface area contributed by atoms with Crippen molar-refractivity contribution < 1.29 is 0 Å². The minimum absolute atomic E-state index is 0.413. The minimum Gasteiger partial charge on any atom is -0.289 e. The van der Waals surface area contributed by atoms with E-state index in [1.165, 1.54) is 17.7 Å². The van der Waals surface area contributed by atoms with Crippen LogP contribution in [0.3, 0.4) is 0 Å². The van der Waals surface area contributed by atoms with E-state index in [0.29, 0.717) is 12.0 Å². The minimum atomic E-state index is -1.09. The molecule has 1 aromatic rings. The topological polar surface area (TPSA) is 12.4 Å². The van der Waals surface area contributed by atoms with Gasteiger partial charge in [-0.25, -0.2) is 0 Å².